The van der Waals surface area contributed by atoms with Gasteiger partial charge in [-0.3, -0.25) is 14.9 Å². The molecule has 0 bridgehead atoms. The highest BCUT2D eigenvalue weighted by Crippen LogP contribution is 2.24. The lowest BCUT2D eigenvalue weighted by atomic mass is 10.3. The van der Waals surface area contributed by atoms with Gasteiger partial charge in [0, 0.05) is 12.1 Å². The lowest BCUT2D eigenvalue weighted by molar-refractivity contribution is -0.384. The van der Waals surface area contributed by atoms with Crippen molar-refractivity contribution in [3.8, 4) is 0 Å². The first-order chi connectivity index (χ1) is 9.79. The summed E-state index contributed by atoms with van der Waals surface area (Å²) in [5.41, 5.74) is -0.206. The summed E-state index contributed by atoms with van der Waals surface area (Å²) >= 11 is 4.35. The average molecular weight is 390 g/mol. The van der Waals surface area contributed by atoms with E-state index in [1.54, 1.807) is 12.1 Å². The van der Waals surface area contributed by atoms with Crippen LogP contribution in [0.5, 0.6) is 0 Å². The highest BCUT2D eigenvalue weighted by molar-refractivity contribution is 9.11. The molecule has 0 radical (unpaired) electrons. The first kappa shape index (κ1) is 15.8. The molecule has 0 saturated carbocycles. The summed E-state index contributed by atoms with van der Waals surface area (Å²) < 4.78 is 24.9. The second-order valence-electron chi connectivity index (χ2n) is 4.04. The maximum Gasteiger partial charge on any atom is 0.269 e. The Hall–Kier alpha value is -1.58. The van der Waals surface area contributed by atoms with Gasteiger partial charge in [-0.15, -0.1) is 11.3 Å². The molecule has 0 aliphatic carbocycles. The van der Waals surface area contributed by atoms with Crippen LogP contribution in [0.25, 0.3) is 0 Å². The number of rotatable bonds is 5. The molecule has 1 aromatic carbocycles. The minimum atomic E-state index is -3.82. The maximum atomic E-state index is 12.1. The van der Waals surface area contributed by atoms with Crippen molar-refractivity contribution in [1.82, 2.24) is 0 Å². The highest BCUT2D eigenvalue weighted by atomic mass is 79.9. The zero-order chi connectivity index (χ0) is 15.6. The largest absolute Gasteiger partial charge is 0.292 e. The summed E-state index contributed by atoms with van der Waals surface area (Å²) in [7, 11) is -3.82. The van der Waals surface area contributed by atoms with Crippen molar-refractivity contribution >= 4 is 48.6 Å². The minimum Gasteiger partial charge on any atom is -0.292 e. The van der Waals surface area contributed by atoms with Gasteiger partial charge in [-0.1, -0.05) is 0 Å². The van der Waals surface area contributed by atoms with Gasteiger partial charge in [0.2, 0.25) is 0 Å². The summed E-state index contributed by atoms with van der Waals surface area (Å²) in [6.45, 7) is 0. The molecular weight excluding hydrogens is 382 g/mol. The van der Waals surface area contributed by atoms with E-state index in [2.05, 4.69) is 15.9 Å². The van der Waals surface area contributed by atoms with Crippen molar-refractivity contribution in [3.63, 3.8) is 0 Å². The molecule has 0 spiro atoms. The molecule has 1 heterocycles. The Morgan fingerprint density at radius 2 is 1.81 bits per heavy atom. The lowest BCUT2D eigenvalue weighted by Gasteiger charge is -2.02. The van der Waals surface area contributed by atoms with Crippen molar-refractivity contribution in [1.29, 1.82) is 0 Å². The summed E-state index contributed by atoms with van der Waals surface area (Å²) in [5, 5.41) is 10.5. The molecule has 0 saturated heterocycles. The van der Waals surface area contributed by atoms with Gasteiger partial charge in [0.05, 0.1) is 18.5 Å². The zero-order valence-corrected chi connectivity index (χ0v) is 13.6. The fraction of sp³-hybridized carbons (Fsp3) is 0.0833. The maximum absolute atomic E-state index is 12.1. The Labute approximate surface area is 132 Å². The van der Waals surface area contributed by atoms with Crippen LogP contribution >= 0.6 is 27.3 Å². The summed E-state index contributed by atoms with van der Waals surface area (Å²) in [6, 6.07) is 7.66. The Balaban J connectivity index is 2.22. The molecule has 21 heavy (non-hydrogen) atoms. The van der Waals surface area contributed by atoms with Gasteiger partial charge in [-0.2, -0.15) is 0 Å². The smallest absolute Gasteiger partial charge is 0.269 e. The molecule has 0 aliphatic rings. The molecule has 9 heteroatoms. The Kier molecular flexibility index (Phi) is 4.55. The number of nitro groups is 1. The van der Waals surface area contributed by atoms with Crippen LogP contribution in [0, 0.1) is 10.1 Å². The third-order valence-electron chi connectivity index (χ3n) is 2.58. The van der Waals surface area contributed by atoms with Crippen LogP contribution in [0.15, 0.2) is 45.1 Å². The zero-order valence-electron chi connectivity index (χ0n) is 10.4. The Morgan fingerprint density at radius 3 is 2.29 bits per heavy atom. The number of nitro benzene ring substituents is 1. The quantitative estimate of drug-likeness (QED) is 0.444. The van der Waals surface area contributed by atoms with Gasteiger partial charge >= 0.3 is 0 Å². The number of sulfone groups is 1. The van der Waals surface area contributed by atoms with E-state index in [4.69, 9.17) is 0 Å². The molecule has 0 atom stereocenters. The number of thiophene rings is 1. The predicted octanol–water partition coefficient (Wildman–Crippen LogP) is 3.08. The molecule has 0 fully saturated rings. The number of benzene rings is 1. The number of non-ortho nitro benzene ring substituents is 1. The molecule has 1 aromatic heterocycles. The van der Waals surface area contributed by atoms with Crippen LogP contribution in [0.4, 0.5) is 5.69 Å². The highest BCUT2D eigenvalue weighted by Gasteiger charge is 2.22. The molecule has 110 valence electrons. The number of hydrogen-bond acceptors (Lipinski definition) is 6. The normalized spacial score (nSPS) is 11.3. The van der Waals surface area contributed by atoms with E-state index in [1.165, 1.54) is 0 Å². The van der Waals surface area contributed by atoms with Crippen LogP contribution in [-0.2, 0) is 9.84 Å². The van der Waals surface area contributed by atoms with Crippen molar-refractivity contribution in [2.45, 2.75) is 4.90 Å². The summed E-state index contributed by atoms with van der Waals surface area (Å²) in [5.74, 6) is -1.18. The van der Waals surface area contributed by atoms with E-state index < -0.39 is 26.3 Å². The van der Waals surface area contributed by atoms with Crippen molar-refractivity contribution < 1.29 is 18.1 Å². The van der Waals surface area contributed by atoms with Crippen molar-refractivity contribution in [2.24, 2.45) is 0 Å². The van der Waals surface area contributed by atoms with Crippen LogP contribution in [0.2, 0.25) is 0 Å². The molecule has 0 amide bonds. The van der Waals surface area contributed by atoms with E-state index in [0.29, 0.717) is 4.88 Å². The third kappa shape index (κ3) is 3.74. The van der Waals surface area contributed by atoms with Crippen molar-refractivity contribution in [2.75, 3.05) is 5.75 Å². The van der Waals surface area contributed by atoms with Gasteiger partial charge in [0.25, 0.3) is 5.69 Å². The topological polar surface area (TPSA) is 94.3 Å². The van der Waals surface area contributed by atoms with Gasteiger partial charge in [-0.05, 0) is 40.2 Å². The fourth-order valence-corrected chi connectivity index (χ4v) is 4.20. The number of carbonyl (C=O) groups excluding carboxylic acids is 1. The van der Waals surface area contributed by atoms with Gasteiger partial charge < -0.3 is 0 Å². The first-order valence-electron chi connectivity index (χ1n) is 5.55. The summed E-state index contributed by atoms with van der Waals surface area (Å²) in [4.78, 5) is 22.1. The van der Waals surface area contributed by atoms with Crippen LogP contribution in [0.1, 0.15) is 9.67 Å². The SMILES string of the molecule is O=C(CS(=O)(=O)c1ccc([N+](=O)[O-])cc1)c1ccc(Br)s1. The van der Waals surface area contributed by atoms with E-state index in [-0.39, 0.29) is 10.6 Å². The van der Waals surface area contributed by atoms with E-state index in [9.17, 15) is 23.3 Å². The van der Waals surface area contributed by atoms with Crippen LogP contribution < -0.4 is 0 Å². The van der Waals surface area contributed by atoms with Crippen LogP contribution in [0.3, 0.4) is 0 Å². The van der Waals surface area contributed by atoms with Gasteiger partial charge in [0.1, 0.15) is 5.75 Å². The number of ketones is 1. The minimum absolute atomic E-state index is 0.114. The second kappa shape index (κ2) is 6.04. The monoisotopic (exact) mass is 389 g/mol. The molecular formula is C12H8BrNO5S2. The third-order valence-corrected chi connectivity index (χ3v) is 5.87. The molecule has 6 nitrogen and oxygen atoms in total. The van der Waals surface area contributed by atoms with Crippen molar-refractivity contribution in [3.05, 3.63) is 55.2 Å². The number of carbonyl (C=O) groups is 1. The molecule has 2 rings (SSSR count). The first-order valence-corrected chi connectivity index (χ1v) is 8.81. The Morgan fingerprint density at radius 1 is 1.19 bits per heavy atom. The van der Waals surface area contributed by atoms with E-state index in [0.717, 1.165) is 39.4 Å². The standard InChI is InChI=1S/C12H8BrNO5S2/c13-12-6-5-11(20-12)10(15)7-21(18,19)9-3-1-8(2-4-9)14(16)17/h1-6H,7H2. The lowest BCUT2D eigenvalue weighted by Crippen LogP contribution is -2.15. The Bertz CT molecular complexity index is 795. The molecule has 2 aromatic rings. The number of nitrogens with zero attached hydrogens (tertiary/aromatic N) is 1. The molecule has 0 unspecified atom stereocenters. The molecule has 0 N–H and O–H groups in total. The van der Waals surface area contributed by atoms with E-state index >= 15 is 0 Å². The average Bonchev–Trinajstić information content (AvgIpc) is 2.85. The number of Topliss-reactive ketones (excluding diaryl/α,β-unsaturated/α-hetero) is 1. The van der Waals surface area contributed by atoms with Gasteiger partial charge in [0.15, 0.2) is 15.6 Å². The summed E-state index contributed by atoms with van der Waals surface area (Å²) in [6.07, 6.45) is 0. The van der Waals surface area contributed by atoms with Crippen LogP contribution in [-0.4, -0.2) is 24.9 Å². The second-order valence-corrected chi connectivity index (χ2v) is 8.49. The number of hydrogen-bond donors (Lipinski definition) is 0. The predicted molar refractivity (Wildman–Crippen MR) is 81.5 cm³/mol. The molecule has 0 aliphatic heterocycles. The number of halogens is 1. The van der Waals surface area contributed by atoms with Gasteiger partial charge in [-0.25, -0.2) is 8.42 Å². The van der Waals surface area contributed by atoms with E-state index in [1.807, 2.05) is 0 Å². The fourth-order valence-electron chi connectivity index (χ4n) is 1.57.